The zero-order valence-electron chi connectivity index (χ0n) is 14.4. The monoisotopic (exact) mass is 321 g/mol. The fraction of sp³-hybridized carbons (Fsp3) is 0.611. The molecule has 1 aliphatic carbocycles. The quantitative estimate of drug-likeness (QED) is 0.625. The Morgan fingerprint density at radius 3 is 2.52 bits per heavy atom. The van der Waals surface area contributed by atoms with Crippen LogP contribution >= 0.6 is 0 Å². The fourth-order valence-electron chi connectivity index (χ4n) is 3.40. The number of ether oxygens (including phenoxy) is 1. The number of guanidine groups is 1. The van der Waals surface area contributed by atoms with Gasteiger partial charge in [-0.2, -0.15) is 0 Å². The predicted molar refractivity (Wildman–Crippen MR) is 92.4 cm³/mol. The number of methoxy groups -OCH3 is 1. The van der Waals surface area contributed by atoms with Crippen molar-refractivity contribution in [2.45, 2.75) is 44.1 Å². The van der Waals surface area contributed by atoms with Gasteiger partial charge >= 0.3 is 0 Å². The number of halogens is 1. The summed E-state index contributed by atoms with van der Waals surface area (Å²) in [6, 6.07) is 7.15. The smallest absolute Gasteiger partial charge is 0.191 e. The van der Waals surface area contributed by atoms with Gasteiger partial charge in [0.25, 0.3) is 0 Å². The molecule has 2 N–H and O–H groups in total. The van der Waals surface area contributed by atoms with Gasteiger partial charge in [-0.15, -0.1) is 0 Å². The minimum Gasteiger partial charge on any atom is -0.383 e. The van der Waals surface area contributed by atoms with Crippen LogP contribution in [-0.2, 0) is 10.2 Å². The Hall–Kier alpha value is -1.62. The lowest BCUT2D eigenvalue weighted by molar-refractivity contribution is 0.179. The minimum absolute atomic E-state index is 0.0653. The second-order valence-electron chi connectivity index (χ2n) is 6.42. The lowest BCUT2D eigenvalue weighted by Crippen LogP contribution is -2.48. The van der Waals surface area contributed by atoms with E-state index in [-0.39, 0.29) is 17.3 Å². The topological polar surface area (TPSA) is 45.7 Å². The first kappa shape index (κ1) is 17.7. The highest BCUT2D eigenvalue weighted by molar-refractivity contribution is 5.80. The summed E-state index contributed by atoms with van der Waals surface area (Å²) in [6.45, 7) is 3.49. The van der Waals surface area contributed by atoms with Gasteiger partial charge in [-0.05, 0) is 37.5 Å². The summed E-state index contributed by atoms with van der Waals surface area (Å²) >= 11 is 0. The molecule has 1 saturated carbocycles. The molecule has 4 nitrogen and oxygen atoms in total. The molecule has 1 aromatic carbocycles. The van der Waals surface area contributed by atoms with Crippen LogP contribution in [0.5, 0.6) is 0 Å². The predicted octanol–water partition coefficient (Wildman–Crippen LogP) is 2.84. The third-order valence-electron chi connectivity index (χ3n) is 4.63. The Balaban J connectivity index is 2.03. The van der Waals surface area contributed by atoms with Gasteiger partial charge in [-0.3, -0.25) is 4.99 Å². The normalized spacial score (nSPS) is 18.7. The van der Waals surface area contributed by atoms with E-state index < -0.39 is 0 Å². The first-order valence-electron chi connectivity index (χ1n) is 8.32. The highest BCUT2D eigenvalue weighted by atomic mass is 19.1. The zero-order chi connectivity index (χ0) is 16.7. The van der Waals surface area contributed by atoms with Crippen LogP contribution < -0.4 is 10.6 Å². The van der Waals surface area contributed by atoms with E-state index in [1.807, 2.05) is 12.1 Å². The van der Waals surface area contributed by atoms with E-state index in [9.17, 15) is 4.39 Å². The third kappa shape index (κ3) is 4.67. The van der Waals surface area contributed by atoms with Crippen molar-refractivity contribution in [3.05, 3.63) is 35.6 Å². The molecular weight excluding hydrogens is 293 g/mol. The molecule has 0 bridgehead atoms. The lowest BCUT2D eigenvalue weighted by Gasteiger charge is -2.31. The van der Waals surface area contributed by atoms with Crippen molar-refractivity contribution in [1.82, 2.24) is 10.6 Å². The molecule has 1 aromatic rings. The van der Waals surface area contributed by atoms with Crippen molar-refractivity contribution in [3.8, 4) is 0 Å². The highest BCUT2D eigenvalue weighted by Crippen LogP contribution is 2.40. The molecular formula is C18H28FN3O. The summed E-state index contributed by atoms with van der Waals surface area (Å²) in [5, 5.41) is 6.77. The average molecular weight is 321 g/mol. The summed E-state index contributed by atoms with van der Waals surface area (Å²) in [7, 11) is 3.46. The minimum atomic E-state index is -0.180. The molecule has 1 aliphatic rings. The number of nitrogens with one attached hydrogen (secondary N) is 2. The maximum absolute atomic E-state index is 13.2. The molecule has 0 aliphatic heterocycles. The van der Waals surface area contributed by atoms with Crippen LogP contribution in [0.2, 0.25) is 0 Å². The van der Waals surface area contributed by atoms with Gasteiger partial charge in [-0.25, -0.2) is 4.39 Å². The van der Waals surface area contributed by atoms with Crippen LogP contribution in [0.1, 0.15) is 38.2 Å². The van der Waals surface area contributed by atoms with Crippen LogP contribution in [0.3, 0.4) is 0 Å². The van der Waals surface area contributed by atoms with Crippen LogP contribution in [-0.4, -0.2) is 39.3 Å². The lowest BCUT2D eigenvalue weighted by atomic mass is 9.79. The second kappa shape index (κ2) is 8.29. The van der Waals surface area contributed by atoms with E-state index in [0.717, 1.165) is 25.3 Å². The Morgan fingerprint density at radius 2 is 1.96 bits per heavy atom. The fourth-order valence-corrected chi connectivity index (χ4v) is 3.40. The van der Waals surface area contributed by atoms with Gasteiger partial charge in [0, 0.05) is 32.2 Å². The SMILES string of the molecule is CN=C(NCC1(c2ccc(F)cc2)CCCC1)NC(C)COC. The van der Waals surface area contributed by atoms with E-state index >= 15 is 0 Å². The van der Waals surface area contributed by atoms with Crippen molar-refractivity contribution in [2.75, 3.05) is 27.3 Å². The summed E-state index contributed by atoms with van der Waals surface area (Å²) < 4.78 is 18.4. The van der Waals surface area contributed by atoms with E-state index in [4.69, 9.17) is 4.74 Å². The maximum atomic E-state index is 13.2. The van der Waals surface area contributed by atoms with Crippen molar-refractivity contribution < 1.29 is 9.13 Å². The highest BCUT2D eigenvalue weighted by Gasteiger charge is 2.35. The van der Waals surface area contributed by atoms with Crippen LogP contribution in [0, 0.1) is 5.82 Å². The molecule has 0 saturated heterocycles. The van der Waals surface area contributed by atoms with Gasteiger partial charge in [-0.1, -0.05) is 25.0 Å². The first-order chi connectivity index (χ1) is 11.1. The van der Waals surface area contributed by atoms with Gasteiger partial charge < -0.3 is 15.4 Å². The summed E-state index contributed by atoms with van der Waals surface area (Å²) in [6.07, 6.45) is 4.67. The standard InChI is InChI=1S/C18H28FN3O/c1-14(12-23-3)22-17(20-2)21-13-18(10-4-5-11-18)15-6-8-16(19)9-7-15/h6-9,14H,4-5,10-13H2,1-3H3,(H2,20,21,22). The molecule has 0 radical (unpaired) electrons. The molecule has 1 unspecified atom stereocenters. The van der Waals surface area contributed by atoms with Crippen molar-refractivity contribution in [3.63, 3.8) is 0 Å². The van der Waals surface area contributed by atoms with E-state index in [1.165, 1.54) is 18.4 Å². The molecule has 2 rings (SSSR count). The number of aliphatic imine (C=N–C) groups is 1. The van der Waals surface area contributed by atoms with Crippen LogP contribution in [0.15, 0.2) is 29.3 Å². The van der Waals surface area contributed by atoms with Gasteiger partial charge in [0.05, 0.1) is 6.61 Å². The van der Waals surface area contributed by atoms with Crippen molar-refractivity contribution in [2.24, 2.45) is 4.99 Å². The molecule has 128 valence electrons. The van der Waals surface area contributed by atoms with Crippen molar-refractivity contribution in [1.29, 1.82) is 0 Å². The maximum Gasteiger partial charge on any atom is 0.191 e. The number of nitrogens with zero attached hydrogens (tertiary/aromatic N) is 1. The van der Waals surface area contributed by atoms with Gasteiger partial charge in [0.15, 0.2) is 5.96 Å². The third-order valence-corrected chi connectivity index (χ3v) is 4.63. The Bertz CT molecular complexity index is 510. The second-order valence-corrected chi connectivity index (χ2v) is 6.42. The summed E-state index contributed by atoms with van der Waals surface area (Å²) in [5.41, 5.74) is 1.28. The average Bonchev–Trinajstić information content (AvgIpc) is 3.02. The number of hydrogen-bond donors (Lipinski definition) is 2. The molecule has 1 fully saturated rings. The Kier molecular flexibility index (Phi) is 6.39. The molecule has 1 atom stereocenters. The summed E-state index contributed by atoms with van der Waals surface area (Å²) in [5.74, 6) is 0.601. The Labute approximate surface area is 138 Å². The molecule has 5 heteroatoms. The summed E-state index contributed by atoms with van der Waals surface area (Å²) in [4.78, 5) is 4.29. The van der Waals surface area contributed by atoms with E-state index in [0.29, 0.717) is 6.61 Å². The van der Waals surface area contributed by atoms with Crippen LogP contribution in [0.4, 0.5) is 4.39 Å². The zero-order valence-corrected chi connectivity index (χ0v) is 14.4. The molecule has 23 heavy (non-hydrogen) atoms. The van der Waals surface area contributed by atoms with Gasteiger partial charge in [0.1, 0.15) is 5.82 Å². The number of benzene rings is 1. The molecule has 0 aromatic heterocycles. The Morgan fingerprint density at radius 1 is 1.30 bits per heavy atom. The largest absolute Gasteiger partial charge is 0.383 e. The first-order valence-corrected chi connectivity index (χ1v) is 8.32. The number of hydrogen-bond acceptors (Lipinski definition) is 2. The van der Waals surface area contributed by atoms with Crippen molar-refractivity contribution >= 4 is 5.96 Å². The molecule has 0 spiro atoms. The van der Waals surface area contributed by atoms with Gasteiger partial charge in [0.2, 0.25) is 0 Å². The number of rotatable bonds is 6. The molecule has 0 heterocycles. The van der Waals surface area contributed by atoms with E-state index in [2.05, 4.69) is 22.5 Å². The van der Waals surface area contributed by atoms with Crippen LogP contribution in [0.25, 0.3) is 0 Å². The van der Waals surface area contributed by atoms with E-state index in [1.54, 1.807) is 26.3 Å². The molecule has 0 amide bonds.